The molecule has 2 nitrogen and oxygen atoms in total. The molecule has 1 aliphatic heterocycles. The minimum Gasteiger partial charge on any atom is -0.416 e. The van der Waals surface area contributed by atoms with Crippen molar-refractivity contribution >= 4 is 11.0 Å². The molecule has 0 aromatic heterocycles. The van der Waals surface area contributed by atoms with Gasteiger partial charge in [0, 0.05) is 5.56 Å². The maximum Gasteiger partial charge on any atom is 0.142 e. The van der Waals surface area contributed by atoms with Gasteiger partial charge in [-0.05, 0) is 13.0 Å². The summed E-state index contributed by atoms with van der Waals surface area (Å²) in [4.78, 5) is 0. The second kappa shape index (κ2) is 2.34. The number of fused-ring (bicyclic) bond motifs is 1. The van der Waals surface area contributed by atoms with E-state index < -0.39 is 11.0 Å². The van der Waals surface area contributed by atoms with Crippen LogP contribution in [0.25, 0.3) is 0 Å². The maximum atomic E-state index is 7.39. The molecule has 3 heteroatoms. The van der Waals surface area contributed by atoms with E-state index in [1.807, 2.05) is 12.1 Å². The maximum absolute atomic E-state index is 7.39. The van der Waals surface area contributed by atoms with Gasteiger partial charge in [-0.3, -0.25) is 0 Å². The number of nitrogens with one attached hydrogen (secondary N) is 1. The molecule has 0 aliphatic carbocycles. The van der Waals surface area contributed by atoms with Crippen LogP contribution in [0.3, 0.4) is 0 Å². The molecule has 0 saturated carbocycles. The smallest absolute Gasteiger partial charge is 0.142 e. The topological polar surface area (TPSA) is 33.1 Å². The average molecular weight is 167 g/mol. The van der Waals surface area contributed by atoms with Gasteiger partial charge in [-0.15, -0.1) is 0 Å². The normalized spacial score (nSPS) is 21.0. The predicted octanol–water partition coefficient (Wildman–Crippen LogP) is 2.18. The zero-order valence-corrected chi connectivity index (χ0v) is 7.07. The molecular formula is C8H9NOS. The second-order valence-electron chi connectivity index (χ2n) is 2.68. The van der Waals surface area contributed by atoms with E-state index in [0.29, 0.717) is 0 Å². The lowest BCUT2D eigenvalue weighted by atomic mass is 10.1. The van der Waals surface area contributed by atoms with Crippen LogP contribution in [-0.2, 0) is 16.7 Å². The quantitative estimate of drug-likeness (QED) is 0.631. The molecule has 1 aromatic carbocycles. The Morgan fingerprint density at radius 3 is 3.18 bits per heavy atom. The molecule has 2 rings (SSSR count). The van der Waals surface area contributed by atoms with E-state index in [4.69, 9.17) is 8.96 Å². The third-order valence-corrected chi connectivity index (χ3v) is 2.65. The molecule has 58 valence electrons. The van der Waals surface area contributed by atoms with E-state index in [1.54, 1.807) is 0 Å². The van der Waals surface area contributed by atoms with Gasteiger partial charge in [-0.25, -0.2) is 4.78 Å². The molecule has 0 bridgehead atoms. The van der Waals surface area contributed by atoms with Crippen molar-refractivity contribution in [1.82, 2.24) is 0 Å². The highest BCUT2D eigenvalue weighted by Crippen LogP contribution is 2.28. The summed E-state index contributed by atoms with van der Waals surface area (Å²) in [5.74, 6) is 1.66. The van der Waals surface area contributed by atoms with Crippen LogP contribution in [0.1, 0.15) is 11.1 Å². The van der Waals surface area contributed by atoms with E-state index in [0.717, 1.165) is 11.5 Å². The lowest BCUT2D eigenvalue weighted by Gasteiger charge is -1.96. The zero-order valence-electron chi connectivity index (χ0n) is 6.26. The largest absolute Gasteiger partial charge is 0.416 e. The average Bonchev–Trinajstić information content (AvgIpc) is 2.27. The van der Waals surface area contributed by atoms with Crippen molar-refractivity contribution in [1.29, 1.82) is 4.78 Å². The van der Waals surface area contributed by atoms with Gasteiger partial charge in [0.1, 0.15) is 5.75 Å². The second-order valence-corrected chi connectivity index (χ2v) is 3.83. The molecule has 1 aliphatic rings. The summed E-state index contributed by atoms with van der Waals surface area (Å²) in [6.45, 7) is 2.06. The fourth-order valence-electron chi connectivity index (χ4n) is 1.18. The van der Waals surface area contributed by atoms with Crippen molar-refractivity contribution in [2.75, 3.05) is 0 Å². The van der Waals surface area contributed by atoms with Gasteiger partial charge in [-0.1, -0.05) is 17.7 Å². The Morgan fingerprint density at radius 1 is 1.55 bits per heavy atom. The van der Waals surface area contributed by atoms with Crippen LogP contribution >= 0.6 is 0 Å². The van der Waals surface area contributed by atoms with Crippen molar-refractivity contribution in [3.05, 3.63) is 29.3 Å². The number of aryl methyl sites for hydroxylation is 1. The predicted molar refractivity (Wildman–Crippen MR) is 45.6 cm³/mol. The van der Waals surface area contributed by atoms with E-state index >= 15 is 0 Å². The first-order valence-corrected chi connectivity index (χ1v) is 4.77. The van der Waals surface area contributed by atoms with Crippen LogP contribution in [0.4, 0.5) is 0 Å². The lowest BCUT2D eigenvalue weighted by molar-refractivity contribution is 0.647. The van der Waals surface area contributed by atoms with Gasteiger partial charge < -0.3 is 4.18 Å². The molecule has 0 spiro atoms. The molecule has 0 radical (unpaired) electrons. The Kier molecular flexibility index (Phi) is 1.46. The minimum atomic E-state index is -0.628. The van der Waals surface area contributed by atoms with Gasteiger partial charge in [-0.2, -0.15) is 0 Å². The van der Waals surface area contributed by atoms with Crippen LogP contribution in [0.5, 0.6) is 5.75 Å². The Morgan fingerprint density at radius 2 is 2.36 bits per heavy atom. The molecule has 0 fully saturated rings. The summed E-state index contributed by atoms with van der Waals surface area (Å²) in [5.41, 5.74) is 2.43. The molecule has 0 saturated heterocycles. The van der Waals surface area contributed by atoms with Crippen molar-refractivity contribution in [3.63, 3.8) is 0 Å². The summed E-state index contributed by atoms with van der Waals surface area (Å²) in [5, 5.41) is 0. The Labute approximate surface area is 68.3 Å². The van der Waals surface area contributed by atoms with Crippen LogP contribution in [0, 0.1) is 11.7 Å². The summed E-state index contributed by atoms with van der Waals surface area (Å²) in [6.07, 6.45) is 0. The van der Waals surface area contributed by atoms with E-state index in [9.17, 15) is 0 Å². The highest BCUT2D eigenvalue weighted by atomic mass is 32.2. The molecule has 1 heterocycles. The molecule has 1 unspecified atom stereocenters. The Balaban J connectivity index is 2.51. The molecule has 0 amide bonds. The summed E-state index contributed by atoms with van der Waals surface area (Å²) in [6, 6.07) is 6.06. The monoisotopic (exact) mass is 167 g/mol. The Bertz CT molecular complexity index is 322. The number of benzene rings is 1. The highest BCUT2D eigenvalue weighted by molar-refractivity contribution is 7.81. The first-order valence-electron chi connectivity index (χ1n) is 3.46. The van der Waals surface area contributed by atoms with E-state index in [-0.39, 0.29) is 0 Å². The Hall–Kier alpha value is -0.830. The number of hydrogen-bond acceptors (Lipinski definition) is 2. The lowest BCUT2D eigenvalue weighted by Crippen LogP contribution is -1.87. The first-order chi connectivity index (χ1) is 5.25. The fraction of sp³-hybridized carbons (Fsp3) is 0.250. The highest BCUT2D eigenvalue weighted by Gasteiger charge is 2.15. The third-order valence-electron chi connectivity index (χ3n) is 1.69. The van der Waals surface area contributed by atoms with Crippen LogP contribution in [-0.4, -0.2) is 0 Å². The third kappa shape index (κ3) is 1.16. The van der Waals surface area contributed by atoms with Crippen LogP contribution in [0.2, 0.25) is 0 Å². The first kappa shape index (κ1) is 6.85. The van der Waals surface area contributed by atoms with Crippen molar-refractivity contribution in [3.8, 4) is 5.75 Å². The van der Waals surface area contributed by atoms with Crippen LogP contribution in [0.15, 0.2) is 18.2 Å². The number of rotatable bonds is 0. The minimum absolute atomic E-state index is 0.628. The number of hydrogen-bond donors (Lipinski definition) is 1. The molecular weight excluding hydrogens is 158 g/mol. The molecule has 1 N–H and O–H groups in total. The van der Waals surface area contributed by atoms with Crippen molar-refractivity contribution in [2.24, 2.45) is 0 Å². The standard InChI is InChI=1S/C8H9NOS/c1-6-2-3-8-7(4-6)5-11(9)10-8/h2-4,9H,5H2,1H3. The molecule has 1 aromatic rings. The summed E-state index contributed by atoms with van der Waals surface area (Å²) < 4.78 is 12.7. The summed E-state index contributed by atoms with van der Waals surface area (Å²) in [7, 11) is -0.628. The summed E-state index contributed by atoms with van der Waals surface area (Å²) >= 11 is 0. The van der Waals surface area contributed by atoms with Crippen LogP contribution < -0.4 is 4.18 Å². The fourth-order valence-corrected chi connectivity index (χ4v) is 2.13. The SMILES string of the molecule is Cc1ccc2c(c1)CS(=N)O2. The van der Waals surface area contributed by atoms with Crippen molar-refractivity contribution in [2.45, 2.75) is 12.7 Å². The van der Waals surface area contributed by atoms with Gasteiger partial charge in [0.25, 0.3) is 0 Å². The van der Waals surface area contributed by atoms with Gasteiger partial charge in [0.05, 0.1) is 16.7 Å². The molecule has 1 atom stereocenters. The van der Waals surface area contributed by atoms with Gasteiger partial charge in [0.15, 0.2) is 0 Å². The zero-order chi connectivity index (χ0) is 7.84. The van der Waals surface area contributed by atoms with E-state index in [1.165, 1.54) is 11.1 Å². The van der Waals surface area contributed by atoms with Gasteiger partial charge >= 0.3 is 0 Å². The van der Waals surface area contributed by atoms with E-state index in [2.05, 4.69) is 13.0 Å². The van der Waals surface area contributed by atoms with Crippen molar-refractivity contribution < 1.29 is 4.18 Å². The van der Waals surface area contributed by atoms with Gasteiger partial charge in [0.2, 0.25) is 0 Å². The molecule has 11 heavy (non-hydrogen) atoms.